The van der Waals surface area contributed by atoms with Gasteiger partial charge in [0.15, 0.2) is 0 Å². The average Bonchev–Trinajstić information content (AvgIpc) is 2.67. The number of alkyl halides is 3. The van der Waals surface area contributed by atoms with Crippen molar-refractivity contribution in [3.63, 3.8) is 0 Å². The van der Waals surface area contributed by atoms with Gasteiger partial charge in [0.1, 0.15) is 0 Å². The van der Waals surface area contributed by atoms with Gasteiger partial charge in [-0.1, -0.05) is 30.3 Å². The van der Waals surface area contributed by atoms with Gasteiger partial charge in [-0.3, -0.25) is 4.90 Å². The lowest BCUT2D eigenvalue weighted by atomic mass is 10.1. The molecule has 4 nitrogen and oxygen atoms in total. The lowest BCUT2D eigenvalue weighted by molar-refractivity contribution is -0.137. The van der Waals surface area contributed by atoms with E-state index in [4.69, 9.17) is 0 Å². The highest BCUT2D eigenvalue weighted by atomic mass is 19.4. The number of carbonyl (C=O) groups is 1. The monoisotopic (exact) mass is 377 g/mol. The predicted molar refractivity (Wildman–Crippen MR) is 98.6 cm³/mol. The largest absolute Gasteiger partial charge is 0.416 e. The van der Waals surface area contributed by atoms with Crippen LogP contribution in [0.4, 0.5) is 23.7 Å². The Morgan fingerprint density at radius 3 is 2.15 bits per heavy atom. The van der Waals surface area contributed by atoms with Crippen LogP contribution in [0.3, 0.4) is 0 Å². The highest BCUT2D eigenvalue weighted by molar-refractivity contribution is 5.89. The number of benzene rings is 2. The van der Waals surface area contributed by atoms with Crippen molar-refractivity contribution < 1.29 is 18.0 Å². The standard InChI is InChI=1S/C20H22F3N3O/c21-20(22,23)17-6-8-18(9-7-17)24-19(27)26-14-12-25(13-15-26)11-10-16-4-2-1-3-5-16/h1-9H,10-15H2,(H,24,27). The molecule has 0 radical (unpaired) electrons. The van der Waals surface area contributed by atoms with E-state index in [1.807, 2.05) is 18.2 Å². The van der Waals surface area contributed by atoms with Crippen LogP contribution < -0.4 is 5.32 Å². The number of nitrogens with zero attached hydrogens (tertiary/aromatic N) is 2. The van der Waals surface area contributed by atoms with E-state index in [0.29, 0.717) is 18.8 Å². The first-order chi connectivity index (χ1) is 12.9. The Hall–Kier alpha value is -2.54. The van der Waals surface area contributed by atoms with Crippen LogP contribution in [-0.2, 0) is 12.6 Å². The molecule has 0 atom stereocenters. The minimum atomic E-state index is -4.38. The van der Waals surface area contributed by atoms with Crippen LogP contribution in [0, 0.1) is 0 Å². The first-order valence-corrected chi connectivity index (χ1v) is 8.91. The van der Waals surface area contributed by atoms with Crippen LogP contribution in [0.25, 0.3) is 0 Å². The van der Waals surface area contributed by atoms with E-state index in [9.17, 15) is 18.0 Å². The molecular formula is C20H22F3N3O. The van der Waals surface area contributed by atoms with E-state index in [0.717, 1.165) is 38.2 Å². The zero-order valence-corrected chi connectivity index (χ0v) is 14.9. The fourth-order valence-corrected chi connectivity index (χ4v) is 3.05. The van der Waals surface area contributed by atoms with Crippen molar-refractivity contribution in [2.45, 2.75) is 12.6 Å². The molecule has 7 heteroatoms. The summed E-state index contributed by atoms with van der Waals surface area (Å²) in [5, 5.41) is 2.66. The Morgan fingerprint density at radius 1 is 0.926 bits per heavy atom. The normalized spacial score (nSPS) is 15.6. The number of anilines is 1. The molecule has 0 aromatic heterocycles. The minimum Gasteiger partial charge on any atom is -0.322 e. The maximum Gasteiger partial charge on any atom is 0.416 e. The van der Waals surface area contributed by atoms with Crippen molar-refractivity contribution in [3.05, 3.63) is 65.7 Å². The first-order valence-electron chi connectivity index (χ1n) is 8.91. The zero-order valence-electron chi connectivity index (χ0n) is 14.9. The Morgan fingerprint density at radius 2 is 1.56 bits per heavy atom. The smallest absolute Gasteiger partial charge is 0.322 e. The van der Waals surface area contributed by atoms with Gasteiger partial charge in [-0.25, -0.2) is 4.79 Å². The summed E-state index contributed by atoms with van der Waals surface area (Å²) in [5.41, 5.74) is 0.923. The number of rotatable bonds is 4. The number of amides is 2. The van der Waals surface area contributed by atoms with Crippen molar-refractivity contribution in [2.75, 3.05) is 38.0 Å². The number of hydrogen-bond acceptors (Lipinski definition) is 2. The van der Waals surface area contributed by atoms with E-state index in [1.165, 1.54) is 17.7 Å². The molecule has 0 unspecified atom stereocenters. The van der Waals surface area contributed by atoms with Gasteiger partial charge in [0.05, 0.1) is 5.56 Å². The summed E-state index contributed by atoms with van der Waals surface area (Å²) in [6.07, 6.45) is -3.41. The quantitative estimate of drug-likeness (QED) is 0.871. The molecule has 1 aliphatic heterocycles. The van der Waals surface area contributed by atoms with Gasteiger partial charge in [-0.2, -0.15) is 13.2 Å². The van der Waals surface area contributed by atoms with Gasteiger partial charge < -0.3 is 10.2 Å². The molecule has 2 aromatic carbocycles. The van der Waals surface area contributed by atoms with E-state index in [-0.39, 0.29) is 6.03 Å². The van der Waals surface area contributed by atoms with Crippen LogP contribution in [0.5, 0.6) is 0 Å². The number of hydrogen-bond donors (Lipinski definition) is 1. The van der Waals surface area contributed by atoms with Crippen LogP contribution >= 0.6 is 0 Å². The number of piperazine rings is 1. The molecule has 0 saturated carbocycles. The molecule has 144 valence electrons. The van der Waals surface area contributed by atoms with Gasteiger partial charge >= 0.3 is 12.2 Å². The molecule has 0 bridgehead atoms. The van der Waals surface area contributed by atoms with Gasteiger partial charge in [-0.15, -0.1) is 0 Å². The second-order valence-electron chi connectivity index (χ2n) is 6.57. The van der Waals surface area contributed by atoms with Gasteiger partial charge in [-0.05, 0) is 36.2 Å². The summed E-state index contributed by atoms with van der Waals surface area (Å²) in [6, 6.07) is 14.5. The predicted octanol–water partition coefficient (Wildman–Crippen LogP) is 4.10. The van der Waals surface area contributed by atoms with Crippen molar-refractivity contribution in [1.82, 2.24) is 9.80 Å². The van der Waals surface area contributed by atoms with E-state index in [1.54, 1.807) is 4.90 Å². The second kappa shape index (κ2) is 8.43. The van der Waals surface area contributed by atoms with Gasteiger partial charge in [0.2, 0.25) is 0 Å². The van der Waals surface area contributed by atoms with Crippen molar-refractivity contribution in [3.8, 4) is 0 Å². The average molecular weight is 377 g/mol. The molecule has 1 heterocycles. The number of carbonyl (C=O) groups excluding carboxylic acids is 1. The maximum atomic E-state index is 12.6. The van der Waals surface area contributed by atoms with Gasteiger partial charge in [0.25, 0.3) is 0 Å². The lowest BCUT2D eigenvalue weighted by Crippen LogP contribution is -2.50. The van der Waals surface area contributed by atoms with Crippen molar-refractivity contribution in [1.29, 1.82) is 0 Å². The molecule has 2 amide bonds. The van der Waals surface area contributed by atoms with E-state index in [2.05, 4.69) is 22.3 Å². The van der Waals surface area contributed by atoms with Crippen LogP contribution in [0.2, 0.25) is 0 Å². The number of nitrogens with one attached hydrogen (secondary N) is 1. The van der Waals surface area contributed by atoms with Crippen molar-refractivity contribution in [2.24, 2.45) is 0 Å². The molecule has 3 rings (SSSR count). The van der Waals surface area contributed by atoms with Crippen LogP contribution in [0.15, 0.2) is 54.6 Å². The first kappa shape index (κ1) is 19.2. The molecule has 0 spiro atoms. The third-order valence-electron chi connectivity index (χ3n) is 4.68. The summed E-state index contributed by atoms with van der Waals surface area (Å²) >= 11 is 0. The minimum absolute atomic E-state index is 0.280. The summed E-state index contributed by atoms with van der Waals surface area (Å²) in [5.74, 6) is 0. The fraction of sp³-hybridized carbons (Fsp3) is 0.350. The molecule has 1 saturated heterocycles. The molecule has 1 fully saturated rings. The molecule has 1 aliphatic rings. The Bertz CT molecular complexity index is 739. The second-order valence-corrected chi connectivity index (χ2v) is 6.57. The highest BCUT2D eigenvalue weighted by Gasteiger charge is 2.30. The lowest BCUT2D eigenvalue weighted by Gasteiger charge is -2.34. The molecule has 2 aromatic rings. The third kappa shape index (κ3) is 5.47. The number of urea groups is 1. The Balaban J connectivity index is 1.44. The van der Waals surface area contributed by atoms with E-state index < -0.39 is 11.7 Å². The Kier molecular flexibility index (Phi) is 6.01. The fourth-order valence-electron chi connectivity index (χ4n) is 3.05. The summed E-state index contributed by atoms with van der Waals surface area (Å²) in [7, 11) is 0. The topological polar surface area (TPSA) is 35.6 Å². The van der Waals surface area contributed by atoms with Gasteiger partial charge in [0, 0.05) is 38.4 Å². The molecular weight excluding hydrogens is 355 g/mol. The zero-order chi connectivity index (χ0) is 19.3. The Labute approximate surface area is 156 Å². The van der Waals surface area contributed by atoms with Crippen LogP contribution in [-0.4, -0.2) is 48.6 Å². The highest BCUT2D eigenvalue weighted by Crippen LogP contribution is 2.29. The summed E-state index contributed by atoms with van der Waals surface area (Å²) in [6.45, 7) is 3.71. The number of halogens is 3. The van der Waals surface area contributed by atoms with Crippen LogP contribution in [0.1, 0.15) is 11.1 Å². The molecule has 0 aliphatic carbocycles. The van der Waals surface area contributed by atoms with Crippen molar-refractivity contribution >= 4 is 11.7 Å². The maximum absolute atomic E-state index is 12.6. The molecule has 1 N–H and O–H groups in total. The molecule has 27 heavy (non-hydrogen) atoms. The van der Waals surface area contributed by atoms with E-state index >= 15 is 0 Å². The SMILES string of the molecule is O=C(Nc1ccc(C(F)(F)F)cc1)N1CCN(CCc2ccccc2)CC1. The summed E-state index contributed by atoms with van der Waals surface area (Å²) < 4.78 is 37.7. The summed E-state index contributed by atoms with van der Waals surface area (Å²) in [4.78, 5) is 16.3. The third-order valence-corrected chi connectivity index (χ3v) is 4.68.